The fourth-order valence-corrected chi connectivity index (χ4v) is 10.6. The van der Waals surface area contributed by atoms with Crippen molar-refractivity contribution in [2.75, 3.05) is 13.2 Å². The van der Waals surface area contributed by atoms with E-state index in [1.807, 2.05) is 0 Å². The Hall–Kier alpha value is -2.37. The molecule has 0 amide bonds. The normalized spacial score (nSPS) is 12.2. The molecule has 0 saturated heterocycles. The lowest BCUT2D eigenvalue weighted by atomic mass is 10.0. The van der Waals surface area contributed by atoms with Gasteiger partial charge in [0.1, 0.15) is 13.2 Å². The first-order valence-corrected chi connectivity index (χ1v) is 35.0. The van der Waals surface area contributed by atoms with Crippen LogP contribution in [-0.2, 0) is 28.6 Å². The van der Waals surface area contributed by atoms with Gasteiger partial charge in [0.05, 0.1) is 0 Å². The molecule has 0 fully saturated rings. The molecule has 0 aromatic heterocycles. The minimum atomic E-state index is -0.778. The zero-order valence-electron chi connectivity index (χ0n) is 52.7. The standard InChI is InChI=1S/C72H134O6/c1-4-7-10-13-16-19-22-24-26-28-29-30-31-32-33-34-35-36-37-38-39-40-41-42-44-45-47-50-53-56-59-62-65-71(74)77-68-69(67-76-70(73)64-61-58-55-52-49-21-18-15-12-9-6-3)78-72(75)66-63-60-57-54-51-48-46-43-27-25-23-20-17-14-11-8-5-2/h15,17-18,20,25,27,69H,4-14,16,19,21-24,26,28-68H2,1-3H3/b18-15-,20-17-,27-25-. The van der Waals surface area contributed by atoms with Crippen LogP contribution in [0.15, 0.2) is 36.5 Å². The minimum absolute atomic E-state index is 0.0741. The van der Waals surface area contributed by atoms with Crippen molar-refractivity contribution in [3.05, 3.63) is 36.5 Å². The van der Waals surface area contributed by atoms with Crippen LogP contribution in [0.1, 0.15) is 387 Å². The van der Waals surface area contributed by atoms with Crippen molar-refractivity contribution >= 4 is 17.9 Å². The summed E-state index contributed by atoms with van der Waals surface area (Å²) in [5.41, 5.74) is 0. The second kappa shape index (κ2) is 67.1. The van der Waals surface area contributed by atoms with Crippen LogP contribution < -0.4 is 0 Å². The number of carbonyl (C=O) groups is 3. The molecule has 0 aliphatic heterocycles. The van der Waals surface area contributed by atoms with Gasteiger partial charge in [-0.15, -0.1) is 0 Å². The second-order valence-corrected chi connectivity index (χ2v) is 23.8. The van der Waals surface area contributed by atoms with Crippen LogP contribution in [0, 0.1) is 0 Å². The molecule has 78 heavy (non-hydrogen) atoms. The van der Waals surface area contributed by atoms with Crippen molar-refractivity contribution in [3.63, 3.8) is 0 Å². The molecule has 0 heterocycles. The first-order chi connectivity index (χ1) is 38.5. The molecule has 0 aliphatic rings. The van der Waals surface area contributed by atoms with Crippen LogP contribution >= 0.6 is 0 Å². The maximum atomic E-state index is 12.9. The third-order valence-corrected chi connectivity index (χ3v) is 15.9. The molecule has 6 heteroatoms. The van der Waals surface area contributed by atoms with Gasteiger partial charge in [-0.2, -0.15) is 0 Å². The van der Waals surface area contributed by atoms with E-state index in [4.69, 9.17) is 14.2 Å². The van der Waals surface area contributed by atoms with Crippen LogP contribution in [0.3, 0.4) is 0 Å². The molecule has 1 atom stereocenters. The van der Waals surface area contributed by atoms with Crippen LogP contribution in [0.2, 0.25) is 0 Å². The summed E-state index contributed by atoms with van der Waals surface area (Å²) in [6, 6.07) is 0. The van der Waals surface area contributed by atoms with Gasteiger partial charge in [-0.3, -0.25) is 14.4 Å². The average molecular weight is 1100 g/mol. The van der Waals surface area contributed by atoms with Gasteiger partial charge in [0, 0.05) is 19.3 Å². The maximum absolute atomic E-state index is 12.9. The van der Waals surface area contributed by atoms with E-state index in [2.05, 4.69) is 57.2 Å². The molecule has 0 radical (unpaired) electrons. The van der Waals surface area contributed by atoms with Crippen molar-refractivity contribution in [1.29, 1.82) is 0 Å². The molecule has 0 rings (SSSR count). The lowest BCUT2D eigenvalue weighted by Gasteiger charge is -2.18. The highest BCUT2D eigenvalue weighted by atomic mass is 16.6. The number of carbonyl (C=O) groups excluding carboxylic acids is 3. The predicted octanol–water partition coefficient (Wildman–Crippen LogP) is 23.9. The number of unbranched alkanes of at least 4 members (excludes halogenated alkanes) is 48. The van der Waals surface area contributed by atoms with E-state index in [1.165, 1.54) is 270 Å². The van der Waals surface area contributed by atoms with Gasteiger partial charge in [0.25, 0.3) is 0 Å². The largest absolute Gasteiger partial charge is 0.462 e. The van der Waals surface area contributed by atoms with E-state index in [-0.39, 0.29) is 31.1 Å². The monoisotopic (exact) mass is 1100 g/mol. The molecule has 1 unspecified atom stereocenters. The fourth-order valence-electron chi connectivity index (χ4n) is 10.6. The van der Waals surface area contributed by atoms with Gasteiger partial charge < -0.3 is 14.2 Å². The Balaban J connectivity index is 4.07. The first kappa shape index (κ1) is 75.6. The Labute approximate surface area is 486 Å². The summed E-state index contributed by atoms with van der Waals surface area (Å²) in [7, 11) is 0. The summed E-state index contributed by atoms with van der Waals surface area (Å²) < 4.78 is 16.9. The Morgan fingerprint density at radius 2 is 0.474 bits per heavy atom. The van der Waals surface area contributed by atoms with E-state index in [1.54, 1.807) is 0 Å². The zero-order chi connectivity index (χ0) is 56.4. The second-order valence-electron chi connectivity index (χ2n) is 23.8. The van der Waals surface area contributed by atoms with Gasteiger partial charge in [0.15, 0.2) is 6.10 Å². The summed E-state index contributed by atoms with van der Waals surface area (Å²) in [4.78, 5) is 38.3. The van der Waals surface area contributed by atoms with E-state index in [9.17, 15) is 14.4 Å². The number of esters is 3. The molecule has 0 aromatic rings. The van der Waals surface area contributed by atoms with Gasteiger partial charge in [-0.25, -0.2) is 0 Å². The van der Waals surface area contributed by atoms with E-state index < -0.39 is 6.10 Å². The fraction of sp³-hybridized carbons (Fsp3) is 0.875. The number of hydrogen-bond donors (Lipinski definition) is 0. The number of ether oxygens (including phenoxy) is 3. The van der Waals surface area contributed by atoms with Crippen molar-refractivity contribution in [2.45, 2.75) is 393 Å². The number of allylic oxidation sites excluding steroid dienone is 6. The molecule has 6 nitrogen and oxygen atoms in total. The van der Waals surface area contributed by atoms with Gasteiger partial charge in [-0.05, 0) is 70.6 Å². The molecule has 0 saturated carbocycles. The lowest BCUT2D eigenvalue weighted by molar-refractivity contribution is -0.167. The molecular formula is C72H134O6. The zero-order valence-corrected chi connectivity index (χ0v) is 52.7. The Bertz CT molecular complexity index is 1300. The van der Waals surface area contributed by atoms with Crippen molar-refractivity contribution < 1.29 is 28.6 Å². The van der Waals surface area contributed by atoms with Gasteiger partial charge in [-0.1, -0.05) is 333 Å². The molecule has 458 valence electrons. The SMILES string of the molecule is CCCC/C=C\CCCCCCCC(=O)OCC(COC(=O)CCCCCCCCCCCCCCCCCCCCCCCCCCCCCCCCCC)OC(=O)CCCCCCCCC/C=C\C/C=C\CCCCC. The smallest absolute Gasteiger partial charge is 0.306 e. The molecule has 0 aliphatic carbocycles. The summed E-state index contributed by atoms with van der Waals surface area (Å²) in [5.74, 6) is -0.869. The topological polar surface area (TPSA) is 78.9 Å². The predicted molar refractivity (Wildman–Crippen MR) is 339 cm³/mol. The Kier molecular flexibility index (Phi) is 65.1. The number of rotatable bonds is 65. The highest BCUT2D eigenvalue weighted by Gasteiger charge is 2.19. The summed E-state index contributed by atoms with van der Waals surface area (Å²) >= 11 is 0. The third-order valence-electron chi connectivity index (χ3n) is 15.9. The molecule has 0 spiro atoms. The van der Waals surface area contributed by atoms with Gasteiger partial charge >= 0.3 is 17.9 Å². The molecule has 0 aromatic carbocycles. The van der Waals surface area contributed by atoms with E-state index in [0.29, 0.717) is 19.3 Å². The Morgan fingerprint density at radius 3 is 0.782 bits per heavy atom. The van der Waals surface area contributed by atoms with Crippen molar-refractivity contribution in [3.8, 4) is 0 Å². The molecule has 0 bridgehead atoms. The van der Waals surface area contributed by atoms with Crippen LogP contribution in [0.25, 0.3) is 0 Å². The van der Waals surface area contributed by atoms with Crippen LogP contribution in [0.5, 0.6) is 0 Å². The number of hydrogen-bond acceptors (Lipinski definition) is 6. The van der Waals surface area contributed by atoms with Crippen LogP contribution in [0.4, 0.5) is 0 Å². The van der Waals surface area contributed by atoms with Crippen LogP contribution in [-0.4, -0.2) is 37.2 Å². The lowest BCUT2D eigenvalue weighted by Crippen LogP contribution is -2.30. The highest BCUT2D eigenvalue weighted by Crippen LogP contribution is 2.19. The van der Waals surface area contributed by atoms with E-state index >= 15 is 0 Å². The van der Waals surface area contributed by atoms with Crippen molar-refractivity contribution in [2.24, 2.45) is 0 Å². The van der Waals surface area contributed by atoms with Crippen molar-refractivity contribution in [1.82, 2.24) is 0 Å². The maximum Gasteiger partial charge on any atom is 0.306 e. The first-order valence-electron chi connectivity index (χ1n) is 35.0. The molecular weight excluding hydrogens is 961 g/mol. The van der Waals surface area contributed by atoms with Gasteiger partial charge in [0.2, 0.25) is 0 Å². The minimum Gasteiger partial charge on any atom is -0.462 e. The quantitative estimate of drug-likeness (QED) is 0.0261. The molecule has 0 N–H and O–H groups in total. The third kappa shape index (κ3) is 64.5. The average Bonchev–Trinajstić information content (AvgIpc) is 3.44. The summed E-state index contributed by atoms with van der Waals surface area (Å²) in [6.45, 7) is 6.62. The summed E-state index contributed by atoms with van der Waals surface area (Å²) in [6.07, 6.45) is 83.4. The Morgan fingerprint density at radius 1 is 0.256 bits per heavy atom. The highest BCUT2D eigenvalue weighted by molar-refractivity contribution is 5.71. The summed E-state index contributed by atoms with van der Waals surface area (Å²) in [5, 5.41) is 0. The van der Waals surface area contributed by atoms with E-state index in [0.717, 1.165) is 77.0 Å².